The molecule has 0 saturated heterocycles. The van der Waals surface area contributed by atoms with Crippen LogP contribution in [0.3, 0.4) is 0 Å². The molecule has 0 unspecified atom stereocenters. The zero-order valence-electron chi connectivity index (χ0n) is 12.9. The fraction of sp³-hybridized carbons (Fsp3) is 0.412. The highest BCUT2D eigenvalue weighted by Gasteiger charge is 2.14. The summed E-state index contributed by atoms with van der Waals surface area (Å²) in [5, 5.41) is 0. The van der Waals surface area contributed by atoms with Crippen molar-refractivity contribution in [1.82, 2.24) is 9.97 Å². The van der Waals surface area contributed by atoms with E-state index >= 15 is 0 Å². The first-order valence-electron chi connectivity index (χ1n) is 7.03. The SMILES string of the molecule is CCc1nc(-c2ccc(C(C)(C)C)cc2)[nH]c(=O)c1C. The van der Waals surface area contributed by atoms with Crippen molar-refractivity contribution in [2.75, 3.05) is 0 Å². The van der Waals surface area contributed by atoms with E-state index in [2.05, 4.69) is 42.9 Å². The van der Waals surface area contributed by atoms with Gasteiger partial charge in [0.05, 0.1) is 5.69 Å². The van der Waals surface area contributed by atoms with Crippen LogP contribution in [0.1, 0.15) is 44.5 Å². The molecule has 106 valence electrons. The fourth-order valence-corrected chi connectivity index (χ4v) is 2.19. The molecular formula is C17H22N2O. The van der Waals surface area contributed by atoms with Crippen LogP contribution in [0.4, 0.5) is 0 Å². The van der Waals surface area contributed by atoms with Crippen LogP contribution < -0.4 is 5.56 Å². The number of aryl methyl sites for hydroxylation is 1. The van der Waals surface area contributed by atoms with Crippen LogP contribution in [-0.4, -0.2) is 9.97 Å². The molecule has 1 aromatic carbocycles. The van der Waals surface area contributed by atoms with Gasteiger partial charge in [0.25, 0.3) is 5.56 Å². The van der Waals surface area contributed by atoms with Gasteiger partial charge in [0.1, 0.15) is 5.82 Å². The van der Waals surface area contributed by atoms with Crippen LogP contribution in [0.2, 0.25) is 0 Å². The molecule has 0 spiro atoms. The molecule has 0 bridgehead atoms. The van der Waals surface area contributed by atoms with Gasteiger partial charge in [-0.15, -0.1) is 0 Å². The van der Waals surface area contributed by atoms with E-state index in [1.807, 2.05) is 26.0 Å². The highest BCUT2D eigenvalue weighted by atomic mass is 16.1. The standard InChI is InChI=1S/C17H22N2O/c1-6-14-11(2)16(20)19-15(18-14)12-7-9-13(10-8-12)17(3,4)5/h7-10H,6H2,1-5H3,(H,18,19,20). The third kappa shape index (κ3) is 2.82. The van der Waals surface area contributed by atoms with Gasteiger partial charge in [0.2, 0.25) is 0 Å². The highest BCUT2D eigenvalue weighted by Crippen LogP contribution is 2.24. The largest absolute Gasteiger partial charge is 0.306 e. The lowest BCUT2D eigenvalue weighted by Gasteiger charge is -2.19. The van der Waals surface area contributed by atoms with Crippen LogP contribution in [0.5, 0.6) is 0 Å². The van der Waals surface area contributed by atoms with Crippen molar-refractivity contribution in [2.24, 2.45) is 0 Å². The summed E-state index contributed by atoms with van der Waals surface area (Å²) in [6, 6.07) is 8.24. The van der Waals surface area contributed by atoms with E-state index in [1.165, 1.54) is 5.56 Å². The summed E-state index contributed by atoms with van der Waals surface area (Å²) in [4.78, 5) is 19.3. The maximum Gasteiger partial charge on any atom is 0.254 e. The van der Waals surface area contributed by atoms with Crippen molar-refractivity contribution < 1.29 is 0 Å². The van der Waals surface area contributed by atoms with Gasteiger partial charge >= 0.3 is 0 Å². The number of rotatable bonds is 2. The molecule has 0 fully saturated rings. The molecule has 0 radical (unpaired) electrons. The molecule has 1 N–H and O–H groups in total. The Balaban J connectivity index is 2.47. The number of benzene rings is 1. The minimum atomic E-state index is -0.0493. The van der Waals surface area contributed by atoms with Gasteiger partial charge in [-0.2, -0.15) is 0 Å². The van der Waals surface area contributed by atoms with Gasteiger partial charge < -0.3 is 4.98 Å². The third-order valence-electron chi connectivity index (χ3n) is 3.61. The predicted molar refractivity (Wildman–Crippen MR) is 83.1 cm³/mol. The van der Waals surface area contributed by atoms with Gasteiger partial charge in [0.15, 0.2) is 0 Å². The Morgan fingerprint density at radius 3 is 2.25 bits per heavy atom. The second-order valence-corrected chi connectivity index (χ2v) is 6.17. The number of hydrogen-bond donors (Lipinski definition) is 1. The molecule has 0 atom stereocenters. The molecule has 3 nitrogen and oxygen atoms in total. The maximum atomic E-state index is 11.9. The number of hydrogen-bond acceptors (Lipinski definition) is 2. The molecule has 3 heteroatoms. The molecule has 20 heavy (non-hydrogen) atoms. The molecular weight excluding hydrogens is 248 g/mol. The summed E-state index contributed by atoms with van der Waals surface area (Å²) < 4.78 is 0. The first-order chi connectivity index (χ1) is 9.32. The lowest BCUT2D eigenvalue weighted by Crippen LogP contribution is -2.16. The third-order valence-corrected chi connectivity index (χ3v) is 3.61. The topological polar surface area (TPSA) is 45.8 Å². The molecule has 0 aliphatic rings. The van der Waals surface area contributed by atoms with Crippen molar-refractivity contribution in [3.8, 4) is 11.4 Å². The minimum absolute atomic E-state index is 0.0493. The molecule has 0 amide bonds. The number of aromatic amines is 1. The Morgan fingerprint density at radius 1 is 1.15 bits per heavy atom. The Bertz CT molecular complexity index is 661. The van der Waals surface area contributed by atoms with E-state index in [0.717, 1.165) is 17.7 Å². The molecule has 2 aromatic rings. The molecule has 2 rings (SSSR count). The zero-order chi connectivity index (χ0) is 14.9. The zero-order valence-corrected chi connectivity index (χ0v) is 12.9. The van der Waals surface area contributed by atoms with Crippen molar-refractivity contribution in [2.45, 2.75) is 46.5 Å². The van der Waals surface area contributed by atoms with E-state index < -0.39 is 0 Å². The second kappa shape index (κ2) is 5.23. The summed E-state index contributed by atoms with van der Waals surface area (Å²) in [7, 11) is 0. The van der Waals surface area contributed by atoms with Crippen molar-refractivity contribution in [3.05, 3.63) is 51.4 Å². The van der Waals surface area contributed by atoms with Crippen LogP contribution in [0, 0.1) is 6.92 Å². The maximum absolute atomic E-state index is 11.9. The first-order valence-corrected chi connectivity index (χ1v) is 7.03. The Morgan fingerprint density at radius 2 is 1.75 bits per heavy atom. The average Bonchev–Trinajstić information content (AvgIpc) is 2.41. The number of H-pyrrole nitrogens is 1. The van der Waals surface area contributed by atoms with E-state index in [-0.39, 0.29) is 11.0 Å². The van der Waals surface area contributed by atoms with Gasteiger partial charge in [-0.25, -0.2) is 4.98 Å². The Labute approximate surface area is 120 Å². The Kier molecular flexibility index (Phi) is 3.80. The molecule has 0 saturated carbocycles. The van der Waals surface area contributed by atoms with Gasteiger partial charge in [0, 0.05) is 11.1 Å². The normalized spacial score (nSPS) is 11.7. The fourth-order valence-electron chi connectivity index (χ4n) is 2.19. The van der Waals surface area contributed by atoms with Crippen molar-refractivity contribution in [3.63, 3.8) is 0 Å². The first kappa shape index (κ1) is 14.5. The lowest BCUT2D eigenvalue weighted by atomic mass is 9.86. The molecule has 1 aromatic heterocycles. The summed E-state index contributed by atoms with van der Waals surface area (Å²) in [5.74, 6) is 0.651. The molecule has 1 heterocycles. The van der Waals surface area contributed by atoms with Crippen LogP contribution in [-0.2, 0) is 11.8 Å². The minimum Gasteiger partial charge on any atom is -0.306 e. The van der Waals surface area contributed by atoms with Gasteiger partial charge in [-0.05, 0) is 24.3 Å². The van der Waals surface area contributed by atoms with E-state index in [9.17, 15) is 4.79 Å². The lowest BCUT2D eigenvalue weighted by molar-refractivity contribution is 0.590. The summed E-state index contributed by atoms with van der Waals surface area (Å²) >= 11 is 0. The summed E-state index contributed by atoms with van der Waals surface area (Å²) in [6.07, 6.45) is 0.767. The van der Waals surface area contributed by atoms with Crippen LogP contribution >= 0.6 is 0 Å². The molecule has 0 aliphatic carbocycles. The van der Waals surface area contributed by atoms with E-state index in [1.54, 1.807) is 0 Å². The smallest absolute Gasteiger partial charge is 0.254 e. The Hall–Kier alpha value is -1.90. The van der Waals surface area contributed by atoms with Crippen LogP contribution in [0.15, 0.2) is 29.1 Å². The van der Waals surface area contributed by atoms with Gasteiger partial charge in [-0.1, -0.05) is 52.0 Å². The number of nitrogens with zero attached hydrogens (tertiary/aromatic N) is 1. The monoisotopic (exact) mass is 270 g/mol. The average molecular weight is 270 g/mol. The highest BCUT2D eigenvalue weighted by molar-refractivity contribution is 5.56. The summed E-state index contributed by atoms with van der Waals surface area (Å²) in [5.41, 5.74) is 3.87. The van der Waals surface area contributed by atoms with E-state index in [4.69, 9.17) is 0 Å². The summed E-state index contributed by atoms with van der Waals surface area (Å²) in [6.45, 7) is 10.4. The van der Waals surface area contributed by atoms with Crippen molar-refractivity contribution >= 4 is 0 Å². The van der Waals surface area contributed by atoms with Crippen LogP contribution in [0.25, 0.3) is 11.4 Å². The predicted octanol–water partition coefficient (Wildman–Crippen LogP) is 3.61. The number of nitrogens with one attached hydrogen (secondary N) is 1. The number of aromatic nitrogens is 2. The second-order valence-electron chi connectivity index (χ2n) is 6.17. The van der Waals surface area contributed by atoms with Gasteiger partial charge in [-0.3, -0.25) is 4.79 Å². The molecule has 0 aliphatic heterocycles. The quantitative estimate of drug-likeness (QED) is 0.906. The van der Waals surface area contributed by atoms with Crippen molar-refractivity contribution in [1.29, 1.82) is 0 Å². The van der Waals surface area contributed by atoms with E-state index in [0.29, 0.717) is 11.4 Å².